The van der Waals surface area contributed by atoms with E-state index in [1.165, 1.54) is 11.8 Å². The fraction of sp³-hybridized carbons (Fsp3) is 0.107. The van der Waals surface area contributed by atoms with Gasteiger partial charge in [0.05, 0.1) is 35.7 Å². The first-order valence-electron chi connectivity index (χ1n) is 11.4. The van der Waals surface area contributed by atoms with Crippen LogP contribution in [-0.2, 0) is 4.79 Å². The van der Waals surface area contributed by atoms with Crippen molar-refractivity contribution in [3.8, 4) is 28.4 Å². The summed E-state index contributed by atoms with van der Waals surface area (Å²) < 4.78 is 13.1. The largest absolute Gasteiger partial charge is 0.497 e. The number of benzene rings is 3. The number of hydrogen-bond acceptors (Lipinski definition) is 6. The predicted molar refractivity (Wildman–Crippen MR) is 149 cm³/mol. The second-order valence-electron chi connectivity index (χ2n) is 7.89. The van der Waals surface area contributed by atoms with Crippen LogP contribution in [0.5, 0.6) is 11.5 Å². The van der Waals surface area contributed by atoms with Gasteiger partial charge in [-0.05, 0) is 73.7 Å². The molecule has 1 fully saturated rings. The minimum atomic E-state index is -0.165. The number of rotatable bonds is 7. The zero-order valence-corrected chi connectivity index (χ0v) is 21.4. The summed E-state index contributed by atoms with van der Waals surface area (Å²) in [6.07, 6.45) is 3.79. The van der Waals surface area contributed by atoms with E-state index in [1.807, 2.05) is 103 Å². The van der Waals surface area contributed by atoms with Crippen molar-refractivity contribution < 1.29 is 14.3 Å². The van der Waals surface area contributed by atoms with Gasteiger partial charge < -0.3 is 9.47 Å². The Morgan fingerprint density at radius 2 is 1.64 bits per heavy atom. The zero-order chi connectivity index (χ0) is 25.1. The third-order valence-corrected chi connectivity index (χ3v) is 6.92. The van der Waals surface area contributed by atoms with Gasteiger partial charge in [0.2, 0.25) is 0 Å². The molecule has 1 aliphatic rings. The molecule has 8 heteroatoms. The molecule has 4 aromatic rings. The number of thioether (sulfide) groups is 1. The van der Waals surface area contributed by atoms with Crippen LogP contribution in [0, 0.1) is 0 Å². The van der Waals surface area contributed by atoms with Crippen molar-refractivity contribution in [3.05, 3.63) is 95.5 Å². The van der Waals surface area contributed by atoms with Gasteiger partial charge in [-0.25, -0.2) is 4.68 Å². The van der Waals surface area contributed by atoms with Gasteiger partial charge in [0.1, 0.15) is 11.5 Å². The number of para-hydroxylation sites is 1. The molecule has 1 saturated heterocycles. The van der Waals surface area contributed by atoms with E-state index in [-0.39, 0.29) is 5.91 Å². The Balaban J connectivity index is 1.52. The quantitative estimate of drug-likeness (QED) is 0.212. The molecule has 1 aromatic heterocycles. The van der Waals surface area contributed by atoms with E-state index in [0.717, 1.165) is 34.0 Å². The Kier molecular flexibility index (Phi) is 6.88. The van der Waals surface area contributed by atoms with Crippen LogP contribution in [0.3, 0.4) is 0 Å². The van der Waals surface area contributed by atoms with Crippen LogP contribution in [0.15, 0.2) is 90.0 Å². The maximum absolute atomic E-state index is 13.4. The number of aromatic nitrogens is 2. The van der Waals surface area contributed by atoms with Gasteiger partial charge in [0.25, 0.3) is 5.91 Å². The highest BCUT2D eigenvalue weighted by atomic mass is 32.2. The standard InChI is InChI=1S/C28H23N3O3S2/c1-3-34-24-15-11-22(12-16-24)31-27(32)25(36-28(31)35)17-20-18-30(21-7-5-4-6-8-21)29-26(20)19-9-13-23(33-2)14-10-19/h4-18H,3H2,1-2H3/b25-17+. The highest BCUT2D eigenvalue weighted by Crippen LogP contribution is 2.38. The van der Waals surface area contributed by atoms with Crippen LogP contribution >= 0.6 is 24.0 Å². The van der Waals surface area contributed by atoms with Gasteiger partial charge in [-0.2, -0.15) is 5.10 Å². The molecule has 0 bridgehead atoms. The molecular formula is C28H23N3O3S2. The highest BCUT2D eigenvalue weighted by Gasteiger charge is 2.33. The third kappa shape index (κ3) is 4.78. The Morgan fingerprint density at radius 3 is 2.31 bits per heavy atom. The fourth-order valence-corrected chi connectivity index (χ4v) is 5.16. The minimum absolute atomic E-state index is 0.165. The Bertz CT molecular complexity index is 1430. The molecule has 3 aromatic carbocycles. The monoisotopic (exact) mass is 513 g/mol. The Morgan fingerprint density at radius 1 is 0.944 bits per heavy atom. The number of methoxy groups -OCH3 is 1. The van der Waals surface area contributed by atoms with E-state index in [1.54, 1.807) is 12.0 Å². The van der Waals surface area contributed by atoms with Crippen molar-refractivity contribution >= 4 is 46.0 Å². The number of amides is 1. The number of nitrogens with zero attached hydrogens (tertiary/aromatic N) is 3. The fourth-order valence-electron chi connectivity index (χ4n) is 3.87. The SMILES string of the molecule is CCOc1ccc(N2C(=O)/C(=C\c3cn(-c4ccccc4)nc3-c3ccc(OC)cc3)SC2=S)cc1. The first kappa shape index (κ1) is 23.8. The van der Waals surface area contributed by atoms with Crippen LogP contribution in [0.1, 0.15) is 12.5 Å². The lowest BCUT2D eigenvalue weighted by molar-refractivity contribution is -0.113. The molecule has 0 N–H and O–H groups in total. The minimum Gasteiger partial charge on any atom is -0.497 e. The average Bonchev–Trinajstić information content (AvgIpc) is 3.45. The lowest BCUT2D eigenvalue weighted by Gasteiger charge is -2.15. The van der Waals surface area contributed by atoms with E-state index < -0.39 is 0 Å². The van der Waals surface area contributed by atoms with Crippen molar-refractivity contribution in [2.24, 2.45) is 0 Å². The number of thiocarbonyl (C=S) groups is 1. The molecule has 2 heterocycles. The van der Waals surface area contributed by atoms with Gasteiger partial charge in [-0.1, -0.05) is 42.2 Å². The molecule has 0 radical (unpaired) electrons. The molecule has 0 unspecified atom stereocenters. The molecule has 1 aliphatic heterocycles. The molecule has 180 valence electrons. The molecule has 5 rings (SSSR count). The zero-order valence-electron chi connectivity index (χ0n) is 19.8. The van der Waals surface area contributed by atoms with Crippen LogP contribution in [0.2, 0.25) is 0 Å². The first-order chi connectivity index (χ1) is 17.6. The number of anilines is 1. The van der Waals surface area contributed by atoms with Crippen molar-refractivity contribution in [3.63, 3.8) is 0 Å². The molecule has 0 atom stereocenters. The van der Waals surface area contributed by atoms with E-state index in [4.69, 9.17) is 26.8 Å². The summed E-state index contributed by atoms with van der Waals surface area (Å²) in [7, 11) is 1.64. The van der Waals surface area contributed by atoms with E-state index in [9.17, 15) is 4.79 Å². The second-order valence-corrected chi connectivity index (χ2v) is 9.56. The molecule has 6 nitrogen and oxygen atoms in total. The van der Waals surface area contributed by atoms with Crippen molar-refractivity contribution in [2.75, 3.05) is 18.6 Å². The third-order valence-electron chi connectivity index (χ3n) is 5.61. The maximum atomic E-state index is 13.4. The van der Waals surface area contributed by atoms with Gasteiger partial charge in [-0.15, -0.1) is 0 Å². The lowest BCUT2D eigenvalue weighted by atomic mass is 10.1. The van der Waals surface area contributed by atoms with Crippen molar-refractivity contribution in [1.82, 2.24) is 9.78 Å². The van der Waals surface area contributed by atoms with E-state index >= 15 is 0 Å². The summed E-state index contributed by atoms with van der Waals surface area (Å²) >= 11 is 6.86. The number of hydrogen-bond donors (Lipinski definition) is 0. The van der Waals surface area contributed by atoms with Gasteiger partial charge >= 0.3 is 0 Å². The summed E-state index contributed by atoms with van der Waals surface area (Å²) in [5.74, 6) is 1.35. The van der Waals surface area contributed by atoms with Crippen LogP contribution in [0.25, 0.3) is 23.0 Å². The van der Waals surface area contributed by atoms with Gasteiger partial charge in [-0.3, -0.25) is 9.69 Å². The molecule has 36 heavy (non-hydrogen) atoms. The van der Waals surface area contributed by atoms with Crippen molar-refractivity contribution in [2.45, 2.75) is 6.92 Å². The predicted octanol–water partition coefficient (Wildman–Crippen LogP) is 6.35. The van der Waals surface area contributed by atoms with Crippen molar-refractivity contribution in [1.29, 1.82) is 0 Å². The van der Waals surface area contributed by atoms with Gasteiger partial charge in [0, 0.05) is 17.3 Å². The molecule has 0 spiro atoms. The normalized spacial score (nSPS) is 14.5. The van der Waals surface area contributed by atoms with Gasteiger partial charge in [0.15, 0.2) is 4.32 Å². The number of ether oxygens (including phenoxy) is 2. The molecule has 1 amide bonds. The highest BCUT2D eigenvalue weighted by molar-refractivity contribution is 8.27. The summed E-state index contributed by atoms with van der Waals surface area (Å²) in [6, 6.07) is 24.9. The molecule has 0 aliphatic carbocycles. The summed E-state index contributed by atoms with van der Waals surface area (Å²) in [4.78, 5) is 15.5. The summed E-state index contributed by atoms with van der Waals surface area (Å²) in [5.41, 5.74) is 4.12. The Hall–Kier alpha value is -3.88. The first-order valence-corrected chi connectivity index (χ1v) is 12.6. The second kappa shape index (κ2) is 10.4. The Labute approximate surface area is 219 Å². The molecule has 0 saturated carbocycles. The number of carbonyl (C=O) groups excluding carboxylic acids is 1. The van der Waals surface area contributed by atoms with Crippen LogP contribution in [0.4, 0.5) is 5.69 Å². The number of carbonyl (C=O) groups is 1. The smallest absolute Gasteiger partial charge is 0.270 e. The summed E-state index contributed by atoms with van der Waals surface area (Å²) in [6.45, 7) is 2.51. The maximum Gasteiger partial charge on any atom is 0.270 e. The van der Waals surface area contributed by atoms with Crippen LogP contribution in [-0.4, -0.2) is 33.7 Å². The lowest BCUT2D eigenvalue weighted by Crippen LogP contribution is -2.27. The topological polar surface area (TPSA) is 56.6 Å². The van der Waals surface area contributed by atoms with E-state index in [0.29, 0.717) is 21.5 Å². The summed E-state index contributed by atoms with van der Waals surface area (Å²) in [5, 5.41) is 4.85. The average molecular weight is 514 g/mol. The van der Waals surface area contributed by atoms with E-state index in [2.05, 4.69) is 0 Å². The van der Waals surface area contributed by atoms with Crippen LogP contribution < -0.4 is 14.4 Å². The molecular weight excluding hydrogens is 490 g/mol.